The van der Waals surface area contributed by atoms with Crippen LogP contribution in [0.3, 0.4) is 0 Å². The summed E-state index contributed by atoms with van der Waals surface area (Å²) in [5.74, 6) is -2.24. The summed E-state index contributed by atoms with van der Waals surface area (Å²) in [6.45, 7) is 0. The summed E-state index contributed by atoms with van der Waals surface area (Å²) in [5, 5.41) is 7.90. The molecule has 0 aromatic heterocycles. The number of hydrogen-bond acceptors (Lipinski definition) is 6. The lowest BCUT2D eigenvalue weighted by atomic mass is 10.4. The molecule has 1 N–H and O–H groups in total. The Morgan fingerprint density at radius 3 is 2.25 bits per heavy atom. The van der Waals surface area contributed by atoms with Gasteiger partial charge in [0.2, 0.25) is 0 Å². The van der Waals surface area contributed by atoms with E-state index in [-0.39, 0.29) is 0 Å². The van der Waals surface area contributed by atoms with Crippen LogP contribution in [0.5, 0.6) is 0 Å². The zero-order valence-corrected chi connectivity index (χ0v) is 6.10. The minimum Gasteiger partial charge on any atom is -0.449 e. The van der Waals surface area contributed by atoms with Crippen molar-refractivity contribution in [3.63, 3.8) is 0 Å². The molecular formula is C5H6O7. The van der Waals surface area contributed by atoms with E-state index in [1.54, 1.807) is 0 Å². The Morgan fingerprint density at radius 2 is 1.83 bits per heavy atom. The number of rotatable bonds is 3. The number of esters is 1. The van der Waals surface area contributed by atoms with Crippen molar-refractivity contribution in [3.05, 3.63) is 0 Å². The van der Waals surface area contributed by atoms with Crippen LogP contribution in [0.4, 0.5) is 4.79 Å². The second kappa shape index (κ2) is 5.08. The predicted molar refractivity (Wildman–Crippen MR) is 31.8 cm³/mol. The maximum absolute atomic E-state index is 10.4. The second-order valence-electron chi connectivity index (χ2n) is 1.54. The minimum atomic E-state index is -1.77. The smallest absolute Gasteiger partial charge is 0.449 e. The van der Waals surface area contributed by atoms with Crippen LogP contribution in [0.25, 0.3) is 0 Å². The molecular weight excluding hydrogens is 172 g/mol. The molecule has 7 heteroatoms. The molecule has 0 bridgehead atoms. The van der Waals surface area contributed by atoms with Crippen LogP contribution < -0.4 is 0 Å². The van der Waals surface area contributed by atoms with E-state index < -0.39 is 24.5 Å². The maximum atomic E-state index is 10.4. The topological polar surface area (TPSA) is 99.1 Å². The van der Waals surface area contributed by atoms with Crippen molar-refractivity contribution in [2.24, 2.45) is 0 Å². The molecule has 0 unspecified atom stereocenters. The van der Waals surface area contributed by atoms with Gasteiger partial charge in [-0.25, -0.2) is 9.59 Å². The lowest BCUT2D eigenvalue weighted by molar-refractivity contribution is -0.254. The first-order valence-corrected chi connectivity index (χ1v) is 2.73. The van der Waals surface area contributed by atoms with Crippen molar-refractivity contribution in [2.75, 3.05) is 7.11 Å². The van der Waals surface area contributed by atoms with Gasteiger partial charge in [0, 0.05) is 0 Å². The average Bonchev–Trinajstić information content (AvgIpc) is 1.84. The van der Waals surface area contributed by atoms with E-state index in [2.05, 4.69) is 14.5 Å². The lowest BCUT2D eigenvalue weighted by Gasteiger charge is -1.97. The molecule has 0 spiro atoms. The highest BCUT2D eigenvalue weighted by Gasteiger charge is 2.15. The highest BCUT2D eigenvalue weighted by Crippen LogP contribution is 1.90. The van der Waals surface area contributed by atoms with Crippen LogP contribution >= 0.6 is 0 Å². The Kier molecular flexibility index (Phi) is 4.39. The summed E-state index contributed by atoms with van der Waals surface area (Å²) in [4.78, 5) is 38.3. The van der Waals surface area contributed by atoms with Crippen molar-refractivity contribution in [3.8, 4) is 0 Å². The first kappa shape index (κ1) is 10.4. The Balaban J connectivity index is 3.69. The minimum absolute atomic E-state index is 0.805. The van der Waals surface area contributed by atoms with Crippen LogP contribution in [0, 0.1) is 0 Å². The molecule has 0 saturated heterocycles. The fraction of sp³-hybridized carbons (Fsp3) is 0.400. The number of carboxylic acid groups (broad SMARTS) is 1. The van der Waals surface area contributed by atoms with Gasteiger partial charge in [0.1, 0.15) is 6.42 Å². The monoisotopic (exact) mass is 178 g/mol. The Labute approximate surface area is 66.7 Å². The normalized spacial score (nSPS) is 8.75. The molecule has 0 fully saturated rings. The fourth-order valence-electron chi connectivity index (χ4n) is 0.374. The zero-order chi connectivity index (χ0) is 9.56. The first-order valence-electron chi connectivity index (χ1n) is 2.73. The van der Waals surface area contributed by atoms with Crippen molar-refractivity contribution >= 4 is 18.1 Å². The molecule has 0 rings (SSSR count). The molecule has 0 saturated carbocycles. The van der Waals surface area contributed by atoms with E-state index in [1.807, 2.05) is 0 Å². The number of carbonyl (C=O) groups is 3. The van der Waals surface area contributed by atoms with E-state index in [1.165, 1.54) is 0 Å². The van der Waals surface area contributed by atoms with Gasteiger partial charge in [0.15, 0.2) is 0 Å². The fourth-order valence-corrected chi connectivity index (χ4v) is 0.374. The third kappa shape index (κ3) is 5.18. The van der Waals surface area contributed by atoms with Gasteiger partial charge in [-0.3, -0.25) is 9.68 Å². The van der Waals surface area contributed by atoms with E-state index in [9.17, 15) is 14.4 Å². The molecule has 0 amide bonds. The number of carbonyl (C=O) groups excluding carboxylic acids is 2. The lowest BCUT2D eigenvalue weighted by Crippen LogP contribution is -2.15. The number of ether oxygens (including phenoxy) is 1. The summed E-state index contributed by atoms with van der Waals surface area (Å²) in [5.41, 5.74) is 0. The van der Waals surface area contributed by atoms with Gasteiger partial charge in [-0.1, -0.05) is 0 Å². The largest absolute Gasteiger partial charge is 0.513 e. The van der Waals surface area contributed by atoms with E-state index >= 15 is 0 Å². The predicted octanol–water partition coefficient (Wildman–Crippen LogP) is -0.298. The quantitative estimate of drug-likeness (QED) is 0.274. The standard InChI is InChI=1S/C5H6O7/c1-10-12-4(7)2-3(6)11-5(8)9/h2H2,1H3,(H,8,9). The van der Waals surface area contributed by atoms with Crippen LogP contribution in [0.15, 0.2) is 0 Å². The van der Waals surface area contributed by atoms with Gasteiger partial charge in [-0.2, -0.15) is 4.89 Å². The Hall–Kier alpha value is -1.63. The van der Waals surface area contributed by atoms with Crippen molar-refractivity contribution < 1.29 is 34.0 Å². The molecule has 0 aliphatic rings. The maximum Gasteiger partial charge on any atom is 0.513 e. The summed E-state index contributed by atoms with van der Waals surface area (Å²) < 4.78 is 3.59. The molecule has 0 aliphatic heterocycles. The second-order valence-corrected chi connectivity index (χ2v) is 1.54. The van der Waals surface area contributed by atoms with E-state index in [0.29, 0.717) is 0 Å². The Bertz CT molecular complexity index is 196. The molecule has 0 aliphatic carbocycles. The van der Waals surface area contributed by atoms with Gasteiger partial charge >= 0.3 is 18.1 Å². The molecule has 0 radical (unpaired) electrons. The van der Waals surface area contributed by atoms with Gasteiger partial charge in [-0.05, 0) is 0 Å². The highest BCUT2D eigenvalue weighted by molar-refractivity contribution is 5.94. The third-order valence-corrected chi connectivity index (χ3v) is 0.666. The van der Waals surface area contributed by atoms with Crippen LogP contribution in [0.2, 0.25) is 0 Å². The Morgan fingerprint density at radius 1 is 1.25 bits per heavy atom. The van der Waals surface area contributed by atoms with E-state index in [4.69, 9.17) is 5.11 Å². The van der Waals surface area contributed by atoms with Gasteiger partial charge in [0.05, 0.1) is 7.11 Å². The zero-order valence-electron chi connectivity index (χ0n) is 6.10. The molecule has 7 nitrogen and oxygen atoms in total. The van der Waals surface area contributed by atoms with Crippen LogP contribution in [-0.4, -0.2) is 30.3 Å². The van der Waals surface area contributed by atoms with Gasteiger partial charge in [-0.15, -0.1) is 0 Å². The van der Waals surface area contributed by atoms with Crippen LogP contribution in [-0.2, 0) is 24.1 Å². The number of hydrogen-bond donors (Lipinski definition) is 1. The van der Waals surface area contributed by atoms with E-state index in [0.717, 1.165) is 7.11 Å². The highest BCUT2D eigenvalue weighted by atomic mass is 17.2. The molecule has 0 aromatic carbocycles. The van der Waals surface area contributed by atoms with Crippen LogP contribution in [0.1, 0.15) is 6.42 Å². The summed E-state index contributed by atoms with van der Waals surface area (Å²) in [7, 11) is 1.07. The summed E-state index contributed by atoms with van der Waals surface area (Å²) in [6.07, 6.45) is -2.58. The molecule has 12 heavy (non-hydrogen) atoms. The van der Waals surface area contributed by atoms with Crippen molar-refractivity contribution in [1.29, 1.82) is 0 Å². The van der Waals surface area contributed by atoms with Crippen molar-refractivity contribution in [2.45, 2.75) is 6.42 Å². The first-order chi connectivity index (χ1) is 5.56. The van der Waals surface area contributed by atoms with Gasteiger partial charge < -0.3 is 9.84 Å². The SMILES string of the molecule is COOC(=O)CC(=O)OC(=O)O. The summed E-state index contributed by atoms with van der Waals surface area (Å²) in [6, 6.07) is 0. The molecule has 0 aromatic rings. The van der Waals surface area contributed by atoms with Crippen molar-refractivity contribution in [1.82, 2.24) is 0 Å². The molecule has 0 atom stereocenters. The third-order valence-electron chi connectivity index (χ3n) is 0.666. The average molecular weight is 178 g/mol. The molecule has 0 heterocycles. The summed E-state index contributed by atoms with van der Waals surface area (Å²) >= 11 is 0. The molecule has 68 valence electrons. The van der Waals surface area contributed by atoms with Gasteiger partial charge in [0.25, 0.3) is 0 Å².